The van der Waals surface area contributed by atoms with Gasteiger partial charge in [-0.3, -0.25) is 19.4 Å². The fourth-order valence-corrected chi connectivity index (χ4v) is 4.08. The number of amides is 2. The molecule has 1 aromatic carbocycles. The number of imide groups is 1. The maximum Gasteiger partial charge on any atom is 0.237 e. The molecule has 23 heavy (non-hydrogen) atoms. The summed E-state index contributed by atoms with van der Waals surface area (Å²) in [5.74, 6) is 0.0596. The van der Waals surface area contributed by atoms with E-state index < -0.39 is 0 Å². The van der Waals surface area contributed by atoms with Crippen molar-refractivity contribution in [3.8, 4) is 0 Å². The molecule has 5 heteroatoms. The molecule has 1 aromatic rings. The van der Waals surface area contributed by atoms with Gasteiger partial charge in [0.15, 0.2) is 0 Å². The van der Waals surface area contributed by atoms with Crippen LogP contribution in [0.25, 0.3) is 0 Å². The molecule has 1 aliphatic heterocycles. The molecule has 1 heterocycles. The molecule has 2 amide bonds. The predicted molar refractivity (Wildman–Crippen MR) is 92.5 cm³/mol. The van der Waals surface area contributed by atoms with Crippen LogP contribution in [0.15, 0.2) is 28.7 Å². The predicted octanol–water partition coefficient (Wildman–Crippen LogP) is 3.55. The Bertz CT molecular complexity index is 594. The number of benzene rings is 1. The summed E-state index contributed by atoms with van der Waals surface area (Å²) in [6, 6.07) is 8.12. The van der Waals surface area contributed by atoms with Crippen molar-refractivity contribution >= 4 is 27.7 Å². The highest BCUT2D eigenvalue weighted by Gasteiger charge is 2.51. The first-order chi connectivity index (χ1) is 11.0. The summed E-state index contributed by atoms with van der Waals surface area (Å²) in [5.41, 5.74) is 0.788. The van der Waals surface area contributed by atoms with Crippen molar-refractivity contribution in [2.75, 3.05) is 13.7 Å². The van der Waals surface area contributed by atoms with Crippen molar-refractivity contribution in [1.29, 1.82) is 0 Å². The molecule has 4 nitrogen and oxygen atoms in total. The van der Waals surface area contributed by atoms with Crippen molar-refractivity contribution < 1.29 is 9.59 Å². The Hall–Kier alpha value is -1.20. The molecular weight excluding hydrogens is 356 g/mol. The summed E-state index contributed by atoms with van der Waals surface area (Å²) >= 11 is 3.43. The van der Waals surface area contributed by atoms with E-state index in [0.29, 0.717) is 13.1 Å². The monoisotopic (exact) mass is 378 g/mol. The fourth-order valence-electron chi connectivity index (χ4n) is 3.82. The lowest BCUT2D eigenvalue weighted by Gasteiger charge is -2.31. The molecule has 0 N–H and O–H groups in total. The molecule has 0 aromatic heterocycles. The van der Waals surface area contributed by atoms with Gasteiger partial charge >= 0.3 is 0 Å². The average molecular weight is 379 g/mol. The third kappa shape index (κ3) is 3.50. The van der Waals surface area contributed by atoms with Crippen molar-refractivity contribution in [2.24, 2.45) is 5.41 Å². The molecule has 1 spiro atoms. The van der Waals surface area contributed by atoms with Crippen molar-refractivity contribution in [2.45, 2.75) is 45.1 Å². The Balaban J connectivity index is 1.63. The minimum atomic E-state index is -0.381. The van der Waals surface area contributed by atoms with Gasteiger partial charge in [-0.25, -0.2) is 0 Å². The molecule has 0 unspecified atom stereocenters. The maximum absolute atomic E-state index is 12.8. The van der Waals surface area contributed by atoms with Crippen molar-refractivity contribution in [3.05, 3.63) is 34.3 Å². The van der Waals surface area contributed by atoms with E-state index in [1.165, 1.54) is 16.9 Å². The molecule has 3 rings (SSSR count). The van der Waals surface area contributed by atoms with Crippen LogP contribution in [0.2, 0.25) is 0 Å². The Morgan fingerprint density at radius 1 is 1.13 bits per heavy atom. The van der Waals surface area contributed by atoms with Crippen LogP contribution in [0, 0.1) is 5.41 Å². The summed E-state index contributed by atoms with van der Waals surface area (Å²) in [4.78, 5) is 28.7. The van der Waals surface area contributed by atoms with Crippen LogP contribution >= 0.6 is 15.9 Å². The van der Waals surface area contributed by atoms with Gasteiger partial charge in [0.05, 0.1) is 12.1 Å². The van der Waals surface area contributed by atoms with Crippen LogP contribution in [-0.4, -0.2) is 35.3 Å². The first kappa shape index (κ1) is 16.7. The van der Waals surface area contributed by atoms with E-state index >= 15 is 0 Å². The number of carbonyl (C=O) groups excluding carboxylic acids is 2. The second kappa shape index (κ2) is 6.73. The fraction of sp³-hybridized carbons (Fsp3) is 0.556. The third-order valence-electron chi connectivity index (χ3n) is 5.05. The Morgan fingerprint density at radius 2 is 1.78 bits per heavy atom. The SMILES string of the molecule is CN(Cc1ccc(Br)cc1)CN1C(=O)CC2(CCCCC2)C1=O. The molecule has 0 atom stereocenters. The maximum atomic E-state index is 12.8. The Kier molecular flexibility index (Phi) is 4.87. The summed E-state index contributed by atoms with van der Waals surface area (Å²) in [7, 11) is 1.95. The summed E-state index contributed by atoms with van der Waals surface area (Å²) < 4.78 is 1.05. The highest BCUT2D eigenvalue weighted by molar-refractivity contribution is 9.10. The number of hydrogen-bond acceptors (Lipinski definition) is 3. The van der Waals surface area contributed by atoms with Gasteiger partial charge in [-0.2, -0.15) is 0 Å². The van der Waals surface area contributed by atoms with Gasteiger partial charge in [0.1, 0.15) is 0 Å². The smallest absolute Gasteiger partial charge is 0.237 e. The number of carbonyl (C=O) groups is 2. The van der Waals surface area contributed by atoms with E-state index in [9.17, 15) is 9.59 Å². The molecule has 0 bridgehead atoms. The normalized spacial score (nSPS) is 20.7. The second-order valence-corrected chi connectivity index (χ2v) is 7.84. The van der Waals surface area contributed by atoms with E-state index in [1.807, 2.05) is 24.1 Å². The van der Waals surface area contributed by atoms with Gasteiger partial charge in [-0.05, 0) is 37.6 Å². The number of likely N-dealkylation sites (tertiary alicyclic amines) is 1. The second-order valence-electron chi connectivity index (χ2n) is 6.93. The van der Waals surface area contributed by atoms with Crippen LogP contribution in [0.3, 0.4) is 0 Å². The third-order valence-corrected chi connectivity index (χ3v) is 5.58. The molecule has 2 fully saturated rings. The van der Waals surface area contributed by atoms with Crippen LogP contribution < -0.4 is 0 Å². The van der Waals surface area contributed by atoms with Crippen LogP contribution in [0.4, 0.5) is 0 Å². The molecule has 124 valence electrons. The van der Waals surface area contributed by atoms with E-state index in [0.717, 1.165) is 36.7 Å². The lowest BCUT2D eigenvalue weighted by Crippen LogP contribution is -2.42. The van der Waals surface area contributed by atoms with E-state index in [-0.39, 0.29) is 17.2 Å². The topological polar surface area (TPSA) is 40.6 Å². The van der Waals surface area contributed by atoms with E-state index in [4.69, 9.17) is 0 Å². The van der Waals surface area contributed by atoms with Gasteiger partial charge in [-0.1, -0.05) is 47.3 Å². The first-order valence-electron chi connectivity index (χ1n) is 8.28. The van der Waals surface area contributed by atoms with Gasteiger partial charge in [-0.15, -0.1) is 0 Å². The largest absolute Gasteiger partial charge is 0.284 e. The number of hydrogen-bond donors (Lipinski definition) is 0. The van der Waals surface area contributed by atoms with Gasteiger partial charge in [0.2, 0.25) is 11.8 Å². The molecule has 1 saturated carbocycles. The number of rotatable bonds is 4. The molecule has 0 radical (unpaired) electrons. The zero-order valence-electron chi connectivity index (χ0n) is 13.6. The zero-order valence-corrected chi connectivity index (χ0v) is 15.1. The summed E-state index contributed by atoms with van der Waals surface area (Å²) in [6.07, 6.45) is 5.50. The standard InChI is InChI=1S/C18H23BrN2O2/c1-20(12-14-5-7-15(19)8-6-14)13-21-16(22)11-18(17(21)23)9-3-2-4-10-18/h5-8H,2-4,9-13H2,1H3. The van der Waals surface area contributed by atoms with Crippen LogP contribution in [0.1, 0.15) is 44.1 Å². The Labute approximate surface area is 146 Å². The first-order valence-corrected chi connectivity index (χ1v) is 9.07. The Morgan fingerprint density at radius 3 is 2.43 bits per heavy atom. The quantitative estimate of drug-likeness (QED) is 0.752. The van der Waals surface area contributed by atoms with E-state index in [2.05, 4.69) is 28.1 Å². The van der Waals surface area contributed by atoms with Crippen molar-refractivity contribution in [1.82, 2.24) is 9.80 Å². The van der Waals surface area contributed by atoms with Crippen LogP contribution in [-0.2, 0) is 16.1 Å². The minimum Gasteiger partial charge on any atom is -0.284 e. The molecular formula is C18H23BrN2O2. The van der Waals surface area contributed by atoms with Gasteiger partial charge in [0.25, 0.3) is 0 Å². The van der Waals surface area contributed by atoms with E-state index in [1.54, 1.807) is 0 Å². The summed E-state index contributed by atoms with van der Waals surface area (Å²) in [6.45, 7) is 1.10. The zero-order chi connectivity index (χ0) is 16.4. The number of nitrogens with zero attached hydrogens (tertiary/aromatic N) is 2. The van der Waals surface area contributed by atoms with Crippen molar-refractivity contribution in [3.63, 3.8) is 0 Å². The minimum absolute atomic E-state index is 0.000411. The highest BCUT2D eigenvalue weighted by Crippen LogP contribution is 2.45. The number of halogens is 1. The highest BCUT2D eigenvalue weighted by atomic mass is 79.9. The molecule has 1 aliphatic carbocycles. The van der Waals surface area contributed by atoms with Gasteiger partial charge < -0.3 is 0 Å². The molecule has 1 saturated heterocycles. The molecule has 2 aliphatic rings. The lowest BCUT2D eigenvalue weighted by atomic mass is 9.73. The van der Waals surface area contributed by atoms with Crippen LogP contribution in [0.5, 0.6) is 0 Å². The average Bonchev–Trinajstić information content (AvgIpc) is 2.75. The van der Waals surface area contributed by atoms with Gasteiger partial charge in [0, 0.05) is 17.4 Å². The lowest BCUT2D eigenvalue weighted by molar-refractivity contribution is -0.144. The summed E-state index contributed by atoms with van der Waals surface area (Å²) in [5, 5.41) is 0.